The SMILES string of the molecule is CC(C)(C)c1ccc(NCC(F)F)cc1. The molecule has 1 N–H and O–H groups in total. The molecule has 0 aliphatic carbocycles. The molecule has 1 aromatic rings. The number of alkyl halides is 2. The van der Waals surface area contributed by atoms with Gasteiger partial charge in [0.2, 0.25) is 0 Å². The van der Waals surface area contributed by atoms with Gasteiger partial charge in [-0.1, -0.05) is 32.9 Å². The average Bonchev–Trinajstić information content (AvgIpc) is 2.14. The molecule has 1 rings (SSSR count). The second kappa shape index (κ2) is 4.60. The highest BCUT2D eigenvalue weighted by Crippen LogP contribution is 2.23. The van der Waals surface area contributed by atoms with Crippen LogP contribution in [0.15, 0.2) is 24.3 Å². The van der Waals surface area contributed by atoms with Crippen LogP contribution in [-0.4, -0.2) is 13.0 Å². The fourth-order valence-electron chi connectivity index (χ4n) is 1.28. The molecular formula is C12H17F2N. The molecule has 0 heterocycles. The number of anilines is 1. The molecule has 1 nitrogen and oxygen atoms in total. The molecule has 0 bridgehead atoms. The molecule has 0 atom stereocenters. The van der Waals surface area contributed by atoms with E-state index in [4.69, 9.17) is 0 Å². The van der Waals surface area contributed by atoms with E-state index in [1.165, 1.54) is 5.56 Å². The summed E-state index contributed by atoms with van der Waals surface area (Å²) in [6.07, 6.45) is -2.31. The fourth-order valence-corrected chi connectivity index (χ4v) is 1.28. The zero-order chi connectivity index (χ0) is 11.5. The van der Waals surface area contributed by atoms with Crippen molar-refractivity contribution >= 4 is 5.69 Å². The summed E-state index contributed by atoms with van der Waals surface area (Å²) in [7, 11) is 0. The molecule has 0 saturated carbocycles. The third kappa shape index (κ3) is 3.86. The standard InChI is InChI=1S/C12H17F2N/c1-12(2,3)9-4-6-10(7-5-9)15-8-11(13)14/h4-7,11,15H,8H2,1-3H3. The Morgan fingerprint density at radius 3 is 2.07 bits per heavy atom. The summed E-state index contributed by atoms with van der Waals surface area (Å²) in [4.78, 5) is 0. The van der Waals surface area contributed by atoms with E-state index in [0.29, 0.717) is 0 Å². The van der Waals surface area contributed by atoms with E-state index in [-0.39, 0.29) is 12.0 Å². The third-order valence-electron chi connectivity index (χ3n) is 2.21. The number of benzene rings is 1. The summed E-state index contributed by atoms with van der Waals surface area (Å²) in [5, 5.41) is 2.67. The van der Waals surface area contributed by atoms with E-state index in [2.05, 4.69) is 26.1 Å². The van der Waals surface area contributed by atoms with E-state index in [1.807, 2.05) is 24.3 Å². The lowest BCUT2D eigenvalue weighted by Crippen LogP contribution is -2.12. The lowest BCUT2D eigenvalue weighted by atomic mass is 9.87. The number of nitrogens with one attached hydrogen (secondary N) is 1. The van der Waals surface area contributed by atoms with Crippen molar-refractivity contribution in [2.75, 3.05) is 11.9 Å². The Kier molecular flexibility index (Phi) is 3.66. The lowest BCUT2D eigenvalue weighted by molar-refractivity contribution is 0.163. The maximum Gasteiger partial charge on any atom is 0.255 e. The van der Waals surface area contributed by atoms with E-state index < -0.39 is 6.43 Å². The first kappa shape index (κ1) is 12.0. The topological polar surface area (TPSA) is 12.0 Å². The molecule has 3 heteroatoms. The summed E-state index contributed by atoms with van der Waals surface area (Å²) in [6.45, 7) is 6.06. The van der Waals surface area contributed by atoms with Gasteiger partial charge in [0.25, 0.3) is 6.43 Å². The lowest BCUT2D eigenvalue weighted by Gasteiger charge is -2.19. The number of rotatable bonds is 3. The molecule has 0 unspecified atom stereocenters. The summed E-state index contributed by atoms with van der Waals surface area (Å²) in [5.41, 5.74) is 2.04. The summed E-state index contributed by atoms with van der Waals surface area (Å²) >= 11 is 0. The second-order valence-electron chi connectivity index (χ2n) is 4.60. The van der Waals surface area contributed by atoms with Crippen LogP contribution >= 0.6 is 0 Å². The number of hydrogen-bond donors (Lipinski definition) is 1. The first-order chi connectivity index (χ1) is 6.89. The molecule has 15 heavy (non-hydrogen) atoms. The maximum atomic E-state index is 11.9. The first-order valence-electron chi connectivity index (χ1n) is 5.02. The van der Waals surface area contributed by atoms with E-state index in [9.17, 15) is 8.78 Å². The van der Waals surface area contributed by atoms with Gasteiger partial charge in [-0.05, 0) is 23.1 Å². The minimum Gasteiger partial charge on any atom is -0.379 e. The Labute approximate surface area is 89.5 Å². The van der Waals surface area contributed by atoms with Gasteiger partial charge in [0.1, 0.15) is 0 Å². The van der Waals surface area contributed by atoms with Crippen LogP contribution in [0.3, 0.4) is 0 Å². The zero-order valence-corrected chi connectivity index (χ0v) is 9.35. The highest BCUT2D eigenvalue weighted by Gasteiger charge is 2.12. The van der Waals surface area contributed by atoms with Crippen LogP contribution < -0.4 is 5.32 Å². The molecule has 0 aromatic heterocycles. The van der Waals surface area contributed by atoms with Crippen LogP contribution in [0.4, 0.5) is 14.5 Å². The Hall–Kier alpha value is -1.12. The zero-order valence-electron chi connectivity index (χ0n) is 9.35. The fraction of sp³-hybridized carbons (Fsp3) is 0.500. The molecule has 0 fully saturated rings. The number of halogens is 2. The summed E-state index contributed by atoms with van der Waals surface area (Å²) < 4.78 is 23.9. The average molecular weight is 213 g/mol. The minimum absolute atomic E-state index is 0.0985. The van der Waals surface area contributed by atoms with Gasteiger partial charge in [0.15, 0.2) is 0 Å². The molecule has 0 radical (unpaired) electrons. The van der Waals surface area contributed by atoms with Crippen molar-refractivity contribution in [3.63, 3.8) is 0 Å². The van der Waals surface area contributed by atoms with E-state index >= 15 is 0 Å². The van der Waals surface area contributed by atoms with Crippen LogP contribution in [-0.2, 0) is 5.41 Å². The van der Waals surface area contributed by atoms with Crippen molar-refractivity contribution in [2.24, 2.45) is 0 Å². The Bertz CT molecular complexity index is 298. The highest BCUT2D eigenvalue weighted by molar-refractivity contribution is 5.45. The number of hydrogen-bond acceptors (Lipinski definition) is 1. The highest BCUT2D eigenvalue weighted by atomic mass is 19.3. The van der Waals surface area contributed by atoms with Gasteiger partial charge in [-0.25, -0.2) is 8.78 Å². The van der Waals surface area contributed by atoms with Gasteiger partial charge in [-0.15, -0.1) is 0 Å². The van der Waals surface area contributed by atoms with Crippen LogP contribution in [0.5, 0.6) is 0 Å². The quantitative estimate of drug-likeness (QED) is 0.808. The van der Waals surface area contributed by atoms with Crippen molar-refractivity contribution in [1.82, 2.24) is 0 Å². The molecule has 84 valence electrons. The molecule has 0 amide bonds. The van der Waals surface area contributed by atoms with Crippen molar-refractivity contribution in [1.29, 1.82) is 0 Å². The molecule has 0 aliphatic heterocycles. The largest absolute Gasteiger partial charge is 0.379 e. The van der Waals surface area contributed by atoms with Crippen LogP contribution in [0, 0.1) is 0 Å². The maximum absolute atomic E-state index is 11.9. The predicted molar refractivity (Wildman–Crippen MR) is 59.6 cm³/mol. The van der Waals surface area contributed by atoms with E-state index in [1.54, 1.807) is 0 Å². The van der Waals surface area contributed by atoms with Gasteiger partial charge in [0, 0.05) is 5.69 Å². The van der Waals surface area contributed by atoms with Crippen LogP contribution in [0.25, 0.3) is 0 Å². The van der Waals surface area contributed by atoms with Gasteiger partial charge in [-0.3, -0.25) is 0 Å². The minimum atomic E-state index is -2.31. The molecule has 1 aromatic carbocycles. The van der Waals surface area contributed by atoms with Gasteiger partial charge < -0.3 is 5.32 Å². The summed E-state index contributed by atoms with van der Waals surface area (Å²) in [6, 6.07) is 7.60. The Morgan fingerprint density at radius 1 is 1.13 bits per heavy atom. The molecule has 0 aliphatic rings. The van der Waals surface area contributed by atoms with Crippen molar-refractivity contribution in [3.8, 4) is 0 Å². The van der Waals surface area contributed by atoms with Gasteiger partial charge in [-0.2, -0.15) is 0 Å². The van der Waals surface area contributed by atoms with E-state index in [0.717, 1.165) is 5.69 Å². The van der Waals surface area contributed by atoms with Crippen LogP contribution in [0.1, 0.15) is 26.3 Å². The molecular weight excluding hydrogens is 196 g/mol. The molecule has 0 saturated heterocycles. The predicted octanol–water partition coefficient (Wildman–Crippen LogP) is 3.66. The second-order valence-corrected chi connectivity index (χ2v) is 4.60. The monoisotopic (exact) mass is 213 g/mol. The smallest absolute Gasteiger partial charge is 0.255 e. The first-order valence-corrected chi connectivity index (χ1v) is 5.02. The normalized spacial score (nSPS) is 11.9. The Morgan fingerprint density at radius 2 is 1.67 bits per heavy atom. The molecule has 0 spiro atoms. The van der Waals surface area contributed by atoms with Crippen LogP contribution in [0.2, 0.25) is 0 Å². The van der Waals surface area contributed by atoms with Gasteiger partial charge >= 0.3 is 0 Å². The third-order valence-corrected chi connectivity index (χ3v) is 2.21. The summed E-state index contributed by atoms with van der Waals surface area (Å²) in [5.74, 6) is 0. The Balaban J connectivity index is 2.65. The van der Waals surface area contributed by atoms with Crippen molar-refractivity contribution < 1.29 is 8.78 Å². The van der Waals surface area contributed by atoms with Gasteiger partial charge in [0.05, 0.1) is 6.54 Å². The van der Waals surface area contributed by atoms with Crippen molar-refractivity contribution in [3.05, 3.63) is 29.8 Å². The van der Waals surface area contributed by atoms with Crippen molar-refractivity contribution in [2.45, 2.75) is 32.6 Å².